The van der Waals surface area contributed by atoms with Crippen molar-refractivity contribution in [2.45, 2.75) is 11.8 Å². The Morgan fingerprint density at radius 3 is 2.50 bits per heavy atom. The quantitative estimate of drug-likeness (QED) is 0.473. The summed E-state index contributed by atoms with van der Waals surface area (Å²) in [4.78, 5) is 9.95. The van der Waals surface area contributed by atoms with E-state index in [4.69, 9.17) is 4.74 Å². The maximum absolute atomic E-state index is 12.9. The molecule has 0 radical (unpaired) electrons. The fourth-order valence-corrected chi connectivity index (χ4v) is 1.57. The topological polar surface area (TPSA) is 77.1 Å². The molecule has 0 saturated heterocycles. The van der Waals surface area contributed by atoms with Crippen molar-refractivity contribution in [2.75, 3.05) is 6.61 Å². The van der Waals surface area contributed by atoms with Crippen LogP contribution in [-0.4, -0.2) is 17.7 Å². The van der Waals surface area contributed by atoms with Crippen molar-refractivity contribution in [2.24, 2.45) is 10.2 Å². The van der Waals surface area contributed by atoms with Crippen molar-refractivity contribution in [3.8, 4) is 5.75 Å². The van der Waals surface area contributed by atoms with Gasteiger partial charge >= 0.3 is 11.8 Å². The molecule has 0 fully saturated rings. The molecule has 0 spiro atoms. The number of rotatable bonds is 5. The van der Waals surface area contributed by atoms with Crippen molar-refractivity contribution in [1.29, 1.82) is 0 Å². The number of ether oxygens (including phenoxy) is 1. The maximum atomic E-state index is 12.9. The van der Waals surface area contributed by atoms with E-state index >= 15 is 0 Å². The smallest absolute Gasteiger partial charge is 0.442 e. The molecule has 6 nitrogen and oxygen atoms in total. The lowest BCUT2D eigenvalue weighted by Gasteiger charge is -2.15. The van der Waals surface area contributed by atoms with E-state index in [1.165, 1.54) is 6.08 Å². The first-order chi connectivity index (χ1) is 9.30. The Labute approximate surface area is 110 Å². The molecule has 0 aliphatic carbocycles. The standard InChI is InChI=1S/C11H8F3N3O3/c1-2-3-20-9-5-7(4-8(6-9)17(18)19)10(15-16-10)11(12,13)14/h2,4-6H,1,3H2. The highest BCUT2D eigenvalue weighted by molar-refractivity contribution is 5.47. The molecule has 20 heavy (non-hydrogen) atoms. The minimum Gasteiger partial charge on any atom is -0.489 e. The lowest BCUT2D eigenvalue weighted by atomic mass is 10.0. The largest absolute Gasteiger partial charge is 0.489 e. The summed E-state index contributed by atoms with van der Waals surface area (Å²) in [5.74, 6) is -0.0741. The summed E-state index contributed by atoms with van der Waals surface area (Å²) in [5, 5.41) is 16.8. The van der Waals surface area contributed by atoms with Crippen LogP contribution in [0.4, 0.5) is 18.9 Å². The number of halogens is 3. The van der Waals surface area contributed by atoms with Gasteiger partial charge in [-0.05, 0) is 6.07 Å². The van der Waals surface area contributed by atoms with Crippen LogP contribution in [0.5, 0.6) is 5.75 Å². The first-order valence-electron chi connectivity index (χ1n) is 5.34. The van der Waals surface area contributed by atoms with Gasteiger partial charge in [0.15, 0.2) is 0 Å². The zero-order chi connectivity index (χ0) is 15.0. The first-order valence-corrected chi connectivity index (χ1v) is 5.34. The van der Waals surface area contributed by atoms with E-state index in [0.717, 1.165) is 18.2 Å². The van der Waals surface area contributed by atoms with Crippen LogP contribution in [0.1, 0.15) is 5.56 Å². The van der Waals surface area contributed by atoms with Crippen LogP contribution < -0.4 is 4.74 Å². The molecule has 0 unspecified atom stereocenters. The van der Waals surface area contributed by atoms with Gasteiger partial charge in [-0.3, -0.25) is 10.1 Å². The van der Waals surface area contributed by atoms with Gasteiger partial charge in [-0.1, -0.05) is 12.7 Å². The van der Waals surface area contributed by atoms with Gasteiger partial charge in [-0.2, -0.15) is 13.2 Å². The van der Waals surface area contributed by atoms with Crippen LogP contribution in [0.15, 0.2) is 41.1 Å². The SMILES string of the molecule is C=CCOc1cc([N+](=O)[O-])cc(C2(C(F)(F)F)N=N2)c1. The summed E-state index contributed by atoms with van der Waals surface area (Å²) in [5.41, 5.74) is -3.69. The molecule has 1 heterocycles. The molecular formula is C11H8F3N3O3. The summed E-state index contributed by atoms with van der Waals surface area (Å²) < 4.78 is 43.7. The van der Waals surface area contributed by atoms with E-state index in [9.17, 15) is 23.3 Å². The van der Waals surface area contributed by atoms with Crippen LogP contribution in [0.25, 0.3) is 0 Å². The van der Waals surface area contributed by atoms with Crippen molar-refractivity contribution in [3.63, 3.8) is 0 Å². The van der Waals surface area contributed by atoms with Gasteiger partial charge in [0.2, 0.25) is 0 Å². The summed E-state index contributed by atoms with van der Waals surface area (Å²) >= 11 is 0. The average molecular weight is 287 g/mol. The van der Waals surface area contributed by atoms with E-state index < -0.39 is 28.0 Å². The molecule has 1 aromatic rings. The van der Waals surface area contributed by atoms with Crippen LogP contribution in [0.2, 0.25) is 0 Å². The summed E-state index contributed by atoms with van der Waals surface area (Å²) in [6.45, 7) is 3.39. The summed E-state index contributed by atoms with van der Waals surface area (Å²) in [6.07, 6.45) is -3.39. The van der Waals surface area contributed by atoms with Crippen LogP contribution in [0.3, 0.4) is 0 Å². The third kappa shape index (κ3) is 2.33. The molecule has 0 bridgehead atoms. The van der Waals surface area contributed by atoms with E-state index in [1.807, 2.05) is 0 Å². The highest BCUT2D eigenvalue weighted by Crippen LogP contribution is 2.53. The minimum absolute atomic E-state index is 0.00785. The lowest BCUT2D eigenvalue weighted by Crippen LogP contribution is -2.30. The molecule has 0 N–H and O–H groups in total. The molecular weight excluding hydrogens is 279 g/mol. The summed E-state index contributed by atoms with van der Waals surface area (Å²) in [6, 6.07) is 2.84. The minimum atomic E-state index is -4.75. The Morgan fingerprint density at radius 1 is 1.40 bits per heavy atom. The molecule has 9 heteroatoms. The Balaban J connectivity index is 2.45. The zero-order valence-electron chi connectivity index (χ0n) is 9.92. The van der Waals surface area contributed by atoms with E-state index in [2.05, 4.69) is 16.8 Å². The highest BCUT2D eigenvalue weighted by atomic mass is 19.4. The number of hydrogen-bond acceptors (Lipinski definition) is 5. The molecule has 0 atom stereocenters. The second-order valence-electron chi connectivity index (χ2n) is 3.94. The monoisotopic (exact) mass is 287 g/mol. The third-order valence-electron chi connectivity index (χ3n) is 2.57. The number of non-ortho nitro benzene ring substituents is 1. The van der Waals surface area contributed by atoms with Crippen molar-refractivity contribution >= 4 is 5.69 Å². The maximum Gasteiger partial charge on any atom is 0.442 e. The van der Waals surface area contributed by atoms with Gasteiger partial charge in [0.1, 0.15) is 12.4 Å². The second-order valence-corrected chi connectivity index (χ2v) is 3.94. The first kappa shape index (κ1) is 14.0. The van der Waals surface area contributed by atoms with Gasteiger partial charge in [0, 0.05) is 11.6 Å². The van der Waals surface area contributed by atoms with Crippen molar-refractivity contribution < 1.29 is 22.8 Å². The zero-order valence-corrected chi connectivity index (χ0v) is 9.92. The van der Waals surface area contributed by atoms with Gasteiger partial charge in [0.05, 0.1) is 11.0 Å². The number of alkyl halides is 3. The number of nitro groups is 1. The molecule has 2 rings (SSSR count). The number of nitro benzene ring substituents is 1. The fraction of sp³-hybridized carbons (Fsp3) is 0.273. The fourth-order valence-electron chi connectivity index (χ4n) is 1.57. The Hall–Kier alpha value is -2.45. The predicted molar refractivity (Wildman–Crippen MR) is 61.4 cm³/mol. The van der Waals surface area contributed by atoms with Gasteiger partial charge < -0.3 is 4.74 Å². The van der Waals surface area contributed by atoms with E-state index in [1.54, 1.807) is 0 Å². The number of benzene rings is 1. The Morgan fingerprint density at radius 2 is 2.05 bits per heavy atom. The van der Waals surface area contributed by atoms with E-state index in [0.29, 0.717) is 0 Å². The normalized spacial score (nSPS) is 15.8. The predicted octanol–water partition coefficient (Wildman–Crippen LogP) is 3.34. The van der Waals surface area contributed by atoms with Gasteiger partial charge in [-0.15, -0.1) is 10.2 Å². The molecule has 106 valence electrons. The van der Waals surface area contributed by atoms with Crippen molar-refractivity contribution in [1.82, 2.24) is 0 Å². The Kier molecular flexibility index (Phi) is 3.20. The molecule has 1 aromatic carbocycles. The Bertz CT molecular complexity index is 592. The lowest BCUT2D eigenvalue weighted by molar-refractivity contribution is -0.385. The van der Waals surface area contributed by atoms with Gasteiger partial charge in [0.25, 0.3) is 5.69 Å². The van der Waals surface area contributed by atoms with Crippen LogP contribution in [0, 0.1) is 10.1 Å². The van der Waals surface area contributed by atoms with Crippen molar-refractivity contribution in [3.05, 3.63) is 46.5 Å². The second kappa shape index (κ2) is 4.58. The van der Waals surface area contributed by atoms with Crippen LogP contribution in [-0.2, 0) is 5.66 Å². The highest BCUT2D eigenvalue weighted by Gasteiger charge is 2.65. The third-order valence-corrected chi connectivity index (χ3v) is 2.57. The average Bonchev–Trinajstić information content (AvgIpc) is 3.16. The van der Waals surface area contributed by atoms with Gasteiger partial charge in [-0.25, -0.2) is 0 Å². The summed E-state index contributed by atoms with van der Waals surface area (Å²) in [7, 11) is 0. The number of nitrogens with zero attached hydrogens (tertiary/aromatic N) is 3. The van der Waals surface area contributed by atoms with E-state index in [-0.39, 0.29) is 12.4 Å². The molecule has 1 aliphatic heterocycles. The molecule has 0 saturated carbocycles. The van der Waals surface area contributed by atoms with Crippen LogP contribution >= 0.6 is 0 Å². The molecule has 1 aliphatic rings. The molecule has 0 amide bonds. The molecule has 0 aromatic heterocycles. The number of hydrogen-bond donors (Lipinski definition) is 0.